The van der Waals surface area contributed by atoms with Gasteiger partial charge in [-0.15, -0.1) is 11.3 Å². The quantitative estimate of drug-likeness (QED) is 0.243. The van der Waals surface area contributed by atoms with Gasteiger partial charge in [0.2, 0.25) is 10.0 Å². The molecule has 0 radical (unpaired) electrons. The molecule has 0 aliphatic carbocycles. The van der Waals surface area contributed by atoms with Crippen LogP contribution >= 0.6 is 11.3 Å². The Hall–Kier alpha value is -3.39. The standard InChI is InChI=1S/C27H32N6O5S2/c1-3-38-24(34)14-20-15-32(10-11-33(20)27(35)26-30-22-8-9-31(2)16-23(22)39-26)40(36,37)21-7-6-17-4-5-18(25(28)29)12-19(17)13-21/h4-7,12-13,20H,3,8-11,14-16H2,1-2H3,(H3,28,29). The first-order valence-electron chi connectivity index (χ1n) is 13.1. The summed E-state index contributed by atoms with van der Waals surface area (Å²) in [7, 11) is -1.93. The number of rotatable bonds is 7. The number of likely N-dealkylation sites (N-methyl/N-ethyl adjacent to an activating group) is 1. The number of nitrogens with zero attached hydrogens (tertiary/aromatic N) is 4. The van der Waals surface area contributed by atoms with Crippen LogP contribution in [0.2, 0.25) is 0 Å². The van der Waals surface area contributed by atoms with Crippen molar-refractivity contribution in [3.8, 4) is 0 Å². The summed E-state index contributed by atoms with van der Waals surface area (Å²) in [4.78, 5) is 35.6. The van der Waals surface area contributed by atoms with Crippen LogP contribution in [-0.4, -0.2) is 91.1 Å². The predicted octanol–water partition coefficient (Wildman–Crippen LogP) is 2.04. The number of fused-ring (bicyclic) bond motifs is 2. The molecule has 0 spiro atoms. The van der Waals surface area contributed by atoms with E-state index in [-0.39, 0.29) is 49.3 Å². The second-order valence-electron chi connectivity index (χ2n) is 10.0. The topological polar surface area (TPSA) is 150 Å². The van der Waals surface area contributed by atoms with Crippen LogP contribution in [0.15, 0.2) is 41.3 Å². The van der Waals surface area contributed by atoms with Gasteiger partial charge in [-0.1, -0.05) is 18.2 Å². The van der Waals surface area contributed by atoms with E-state index in [4.69, 9.17) is 15.9 Å². The van der Waals surface area contributed by atoms with E-state index in [1.165, 1.54) is 15.6 Å². The van der Waals surface area contributed by atoms with Gasteiger partial charge in [0.05, 0.1) is 29.7 Å². The molecule has 2 aliphatic heterocycles. The Morgan fingerprint density at radius 3 is 2.67 bits per heavy atom. The summed E-state index contributed by atoms with van der Waals surface area (Å²) < 4.78 is 33.9. The average Bonchev–Trinajstić information content (AvgIpc) is 3.35. The molecule has 212 valence electrons. The molecule has 0 bridgehead atoms. The fourth-order valence-electron chi connectivity index (χ4n) is 5.14. The lowest BCUT2D eigenvalue weighted by molar-refractivity contribution is -0.144. The molecule has 1 amide bonds. The minimum atomic E-state index is -3.95. The van der Waals surface area contributed by atoms with Crippen LogP contribution in [0.3, 0.4) is 0 Å². The number of esters is 1. The van der Waals surface area contributed by atoms with Gasteiger partial charge in [0.25, 0.3) is 5.91 Å². The van der Waals surface area contributed by atoms with E-state index in [1.54, 1.807) is 48.2 Å². The number of carbonyl (C=O) groups is 2. The summed E-state index contributed by atoms with van der Waals surface area (Å²) >= 11 is 1.36. The Bertz CT molecular complexity index is 1590. The zero-order valence-electron chi connectivity index (χ0n) is 22.4. The fourth-order valence-corrected chi connectivity index (χ4v) is 7.79. The van der Waals surface area contributed by atoms with Crippen molar-refractivity contribution >= 4 is 49.8 Å². The fraction of sp³-hybridized carbons (Fsp3) is 0.407. The molecule has 40 heavy (non-hydrogen) atoms. The van der Waals surface area contributed by atoms with Crippen molar-refractivity contribution in [3.63, 3.8) is 0 Å². The third-order valence-electron chi connectivity index (χ3n) is 7.28. The molecule has 1 atom stereocenters. The number of amides is 1. The molecular weight excluding hydrogens is 552 g/mol. The largest absolute Gasteiger partial charge is 0.466 e. The minimum Gasteiger partial charge on any atom is -0.466 e. The van der Waals surface area contributed by atoms with Crippen LogP contribution in [0, 0.1) is 5.41 Å². The molecule has 1 fully saturated rings. The van der Waals surface area contributed by atoms with Crippen molar-refractivity contribution in [2.75, 3.05) is 39.8 Å². The lowest BCUT2D eigenvalue weighted by atomic mass is 10.1. The Labute approximate surface area is 237 Å². The SMILES string of the molecule is CCOC(=O)CC1CN(S(=O)(=O)c2ccc3ccc(C(=N)N)cc3c2)CCN1C(=O)c1nc2c(s1)CN(C)CC2. The Balaban J connectivity index is 1.41. The maximum atomic E-state index is 13.7. The first-order chi connectivity index (χ1) is 19.1. The first-order valence-corrected chi connectivity index (χ1v) is 15.3. The summed E-state index contributed by atoms with van der Waals surface area (Å²) in [6, 6.07) is 9.30. The van der Waals surface area contributed by atoms with Gasteiger partial charge < -0.3 is 20.3 Å². The van der Waals surface area contributed by atoms with Crippen molar-refractivity contribution in [3.05, 3.63) is 57.5 Å². The van der Waals surface area contributed by atoms with E-state index in [1.807, 2.05) is 7.05 Å². The summed E-state index contributed by atoms with van der Waals surface area (Å²) in [6.07, 6.45) is 0.646. The molecule has 3 N–H and O–H groups in total. The zero-order chi connectivity index (χ0) is 28.6. The minimum absolute atomic E-state index is 0.0494. The Kier molecular flexibility index (Phi) is 7.91. The van der Waals surface area contributed by atoms with Gasteiger partial charge in [0.15, 0.2) is 5.01 Å². The van der Waals surface area contributed by atoms with Crippen LogP contribution < -0.4 is 5.73 Å². The van der Waals surface area contributed by atoms with Crippen molar-refractivity contribution in [1.82, 2.24) is 19.1 Å². The first kappa shape index (κ1) is 28.1. The number of nitrogens with one attached hydrogen (secondary N) is 1. The van der Waals surface area contributed by atoms with Gasteiger partial charge in [-0.2, -0.15) is 4.31 Å². The molecule has 0 saturated carbocycles. The van der Waals surface area contributed by atoms with Gasteiger partial charge in [0, 0.05) is 49.6 Å². The number of sulfonamides is 1. The number of hydrogen-bond acceptors (Lipinski definition) is 9. The number of carbonyl (C=O) groups excluding carboxylic acids is 2. The van der Waals surface area contributed by atoms with Gasteiger partial charge in [-0.05, 0) is 42.9 Å². The molecule has 5 rings (SSSR count). The van der Waals surface area contributed by atoms with Gasteiger partial charge in [-0.25, -0.2) is 13.4 Å². The normalized spacial score (nSPS) is 18.4. The number of thiazole rings is 1. The number of nitrogen functional groups attached to an aromatic ring is 1. The summed E-state index contributed by atoms with van der Waals surface area (Å²) in [5.74, 6) is -0.895. The van der Waals surface area contributed by atoms with Crippen LogP contribution in [0.1, 0.15) is 39.3 Å². The molecule has 1 aromatic heterocycles. The molecule has 2 aliphatic rings. The number of nitrogens with two attached hydrogens (primary N) is 1. The summed E-state index contributed by atoms with van der Waals surface area (Å²) in [5, 5.41) is 9.52. The van der Waals surface area contributed by atoms with E-state index in [2.05, 4.69) is 9.88 Å². The predicted molar refractivity (Wildman–Crippen MR) is 152 cm³/mol. The van der Waals surface area contributed by atoms with Crippen LogP contribution in [0.25, 0.3) is 10.8 Å². The molecular formula is C27H32N6O5S2. The number of aromatic nitrogens is 1. The second kappa shape index (κ2) is 11.2. The molecule has 3 aromatic rings. The van der Waals surface area contributed by atoms with E-state index < -0.39 is 22.0 Å². The summed E-state index contributed by atoms with van der Waals surface area (Å²) in [5.41, 5.74) is 7.05. The maximum absolute atomic E-state index is 13.7. The van der Waals surface area contributed by atoms with Crippen molar-refractivity contribution in [2.24, 2.45) is 5.73 Å². The van der Waals surface area contributed by atoms with E-state index in [0.29, 0.717) is 16.0 Å². The number of ether oxygens (including phenoxy) is 1. The molecule has 1 unspecified atom stereocenters. The highest BCUT2D eigenvalue weighted by Gasteiger charge is 2.39. The molecule has 1 saturated heterocycles. The summed E-state index contributed by atoms with van der Waals surface area (Å²) in [6.45, 7) is 3.64. The highest BCUT2D eigenvalue weighted by molar-refractivity contribution is 7.89. The highest BCUT2D eigenvalue weighted by Crippen LogP contribution is 2.29. The number of amidine groups is 1. The zero-order valence-corrected chi connectivity index (χ0v) is 24.1. The van der Waals surface area contributed by atoms with E-state index >= 15 is 0 Å². The van der Waals surface area contributed by atoms with Crippen molar-refractivity contribution < 1.29 is 22.7 Å². The smallest absolute Gasteiger partial charge is 0.307 e. The van der Waals surface area contributed by atoms with Crippen LogP contribution in [0.5, 0.6) is 0 Å². The Morgan fingerprint density at radius 2 is 1.93 bits per heavy atom. The van der Waals surface area contributed by atoms with Crippen molar-refractivity contribution in [2.45, 2.75) is 37.2 Å². The van der Waals surface area contributed by atoms with E-state index in [9.17, 15) is 18.0 Å². The number of hydrogen-bond donors (Lipinski definition) is 2. The third kappa shape index (κ3) is 5.59. The number of piperazine rings is 1. The van der Waals surface area contributed by atoms with Crippen LogP contribution in [-0.2, 0) is 32.5 Å². The maximum Gasteiger partial charge on any atom is 0.307 e. The van der Waals surface area contributed by atoms with Crippen LogP contribution in [0.4, 0.5) is 0 Å². The molecule has 11 nitrogen and oxygen atoms in total. The van der Waals surface area contributed by atoms with Gasteiger partial charge >= 0.3 is 5.97 Å². The van der Waals surface area contributed by atoms with Crippen molar-refractivity contribution in [1.29, 1.82) is 5.41 Å². The second-order valence-corrected chi connectivity index (χ2v) is 13.1. The van der Waals surface area contributed by atoms with E-state index in [0.717, 1.165) is 35.5 Å². The molecule has 13 heteroatoms. The molecule has 2 aromatic carbocycles. The average molecular weight is 585 g/mol. The number of benzene rings is 2. The lowest BCUT2D eigenvalue weighted by Crippen LogP contribution is -2.57. The van der Waals surface area contributed by atoms with Gasteiger partial charge in [-0.3, -0.25) is 15.0 Å². The molecule has 3 heterocycles. The highest BCUT2D eigenvalue weighted by atomic mass is 32.2. The third-order valence-corrected chi connectivity index (χ3v) is 10.2. The lowest BCUT2D eigenvalue weighted by Gasteiger charge is -2.40. The Morgan fingerprint density at radius 1 is 1.15 bits per heavy atom. The van der Waals surface area contributed by atoms with Gasteiger partial charge in [0.1, 0.15) is 5.84 Å². The monoisotopic (exact) mass is 584 g/mol.